The molecule has 0 aliphatic rings. The lowest BCUT2D eigenvalue weighted by Gasteiger charge is -2.26. The molecule has 0 aliphatic carbocycles. The molecule has 1 amide bonds. The maximum Gasteiger partial charge on any atom is 0.303 e. The summed E-state index contributed by atoms with van der Waals surface area (Å²) in [6, 6.07) is 29.8. The highest BCUT2D eigenvalue weighted by Crippen LogP contribution is 2.29. The molecule has 4 rings (SSSR count). The number of rotatable bonds is 21. The average Bonchev–Trinajstić information content (AvgIpc) is 3.25. The first-order chi connectivity index (χ1) is 29.8. The monoisotopic (exact) mass is 871 g/mol. The molecule has 0 spiro atoms. The van der Waals surface area contributed by atoms with Crippen LogP contribution in [0.4, 0.5) is 8.78 Å². The van der Waals surface area contributed by atoms with E-state index in [1.807, 2.05) is 86.5 Å². The summed E-state index contributed by atoms with van der Waals surface area (Å²) in [5.41, 5.74) is 9.95. The third kappa shape index (κ3) is 18.6. The van der Waals surface area contributed by atoms with Crippen molar-refractivity contribution in [2.24, 2.45) is 17.6 Å². The fraction of sp³-hybridized carbons (Fsp3) is 0.462. The minimum Gasteiger partial charge on any atom is -0.481 e. The number of amides is 1. The van der Waals surface area contributed by atoms with Crippen molar-refractivity contribution in [1.29, 1.82) is 0 Å². The Bertz CT molecular complexity index is 2010. The number of nitrogens with one attached hydrogen (secondary N) is 1. The van der Waals surface area contributed by atoms with Gasteiger partial charge in [0.25, 0.3) is 0 Å². The summed E-state index contributed by atoms with van der Waals surface area (Å²) >= 11 is 0. The molecular formula is C52H72F2N4O5. The van der Waals surface area contributed by atoms with Gasteiger partial charge < -0.3 is 26.0 Å². The molecule has 0 unspecified atom stereocenters. The Morgan fingerprint density at radius 2 is 1.02 bits per heavy atom. The number of carboxylic acid groups (broad SMARTS) is 1. The molecule has 0 bridgehead atoms. The van der Waals surface area contributed by atoms with Gasteiger partial charge in [0, 0.05) is 44.4 Å². The molecule has 63 heavy (non-hydrogen) atoms. The Morgan fingerprint density at radius 3 is 1.35 bits per heavy atom. The molecular weight excluding hydrogens is 799 g/mol. The summed E-state index contributed by atoms with van der Waals surface area (Å²) in [5.74, 6) is -0.996. The molecule has 4 N–H and O–H groups in total. The number of Topliss-reactive ketones (excluding diaryl/α,β-unsaturated/α-hetero) is 2. The molecule has 0 saturated heterocycles. The molecule has 4 atom stereocenters. The van der Waals surface area contributed by atoms with Crippen molar-refractivity contribution in [2.75, 3.05) is 41.3 Å². The number of carboxylic acids is 1. The van der Waals surface area contributed by atoms with Gasteiger partial charge in [0.15, 0.2) is 11.6 Å². The molecule has 0 aliphatic heterocycles. The van der Waals surface area contributed by atoms with Crippen molar-refractivity contribution in [3.63, 3.8) is 0 Å². The van der Waals surface area contributed by atoms with E-state index >= 15 is 0 Å². The van der Waals surface area contributed by atoms with Crippen molar-refractivity contribution in [1.82, 2.24) is 15.1 Å². The van der Waals surface area contributed by atoms with Crippen molar-refractivity contribution in [3.8, 4) is 0 Å². The van der Waals surface area contributed by atoms with Gasteiger partial charge in [-0.2, -0.15) is 0 Å². The largest absolute Gasteiger partial charge is 0.481 e. The third-order valence-corrected chi connectivity index (χ3v) is 11.4. The molecule has 0 fully saturated rings. The number of nitrogens with two attached hydrogens (primary N) is 1. The minimum atomic E-state index is -0.729. The van der Waals surface area contributed by atoms with Gasteiger partial charge in [-0.1, -0.05) is 114 Å². The first-order valence-electron chi connectivity index (χ1n) is 22.1. The zero-order valence-corrected chi connectivity index (χ0v) is 39.2. The normalized spacial score (nSPS) is 13.0. The standard InChI is InChI=1S/C26H35FN2O2.C14H21FN2O.C12H16O2/c1-6-25(30)22-13-12-19(15-24(22)27)14-21(29(4)5)17-28-26(31)16-23(18(2)3)20-10-8-7-9-11-20;1-4-14(18)12-6-5-10(8-13(12)15)7-11(9-16)17(2)3;1-9(2)11(8-12(13)14)10-6-4-3-5-7-10/h7-13,15,18,21,23H,6,14,16-17H2,1-5H3,(H,28,31);5-6,8,11H,4,7,9,16H2,1-3H3;3-7,9,11H,8H2,1-2H3,(H,13,14)/t21-,23+;2*11-/m001/s1. The van der Waals surface area contributed by atoms with Crippen LogP contribution in [0.1, 0.15) is 122 Å². The lowest BCUT2D eigenvalue weighted by atomic mass is 9.85. The zero-order valence-electron chi connectivity index (χ0n) is 39.2. The number of nitrogens with zero attached hydrogens (tertiary/aromatic N) is 2. The van der Waals surface area contributed by atoms with Gasteiger partial charge in [-0.15, -0.1) is 0 Å². The Balaban J connectivity index is 0.000000360. The van der Waals surface area contributed by atoms with E-state index in [-0.39, 0.29) is 65.4 Å². The summed E-state index contributed by atoms with van der Waals surface area (Å²) < 4.78 is 28.1. The summed E-state index contributed by atoms with van der Waals surface area (Å²) in [7, 11) is 7.79. The number of carbonyl (C=O) groups excluding carboxylic acids is 3. The zero-order chi connectivity index (χ0) is 47.2. The van der Waals surface area contributed by atoms with E-state index in [1.54, 1.807) is 38.1 Å². The highest BCUT2D eigenvalue weighted by Gasteiger charge is 2.22. The number of likely N-dealkylation sites (N-methyl/N-ethyl adjacent to an activating group) is 2. The van der Waals surface area contributed by atoms with Gasteiger partial charge in [0.2, 0.25) is 5.91 Å². The maximum absolute atomic E-state index is 14.3. The number of aliphatic carboxylic acids is 1. The molecule has 4 aromatic rings. The molecule has 4 aromatic carbocycles. The van der Waals surface area contributed by atoms with Crippen LogP contribution in [-0.4, -0.2) is 91.7 Å². The minimum absolute atomic E-state index is 0.0180. The van der Waals surface area contributed by atoms with Crippen LogP contribution in [0.5, 0.6) is 0 Å². The Labute approximate surface area is 375 Å². The van der Waals surface area contributed by atoms with Crippen molar-refractivity contribution < 1.29 is 33.1 Å². The summed E-state index contributed by atoms with van der Waals surface area (Å²) in [6.07, 6.45) is 2.51. The molecule has 11 heteroatoms. The van der Waals surface area contributed by atoms with Crippen LogP contribution in [0, 0.1) is 23.5 Å². The van der Waals surface area contributed by atoms with Gasteiger partial charge in [-0.25, -0.2) is 8.78 Å². The Morgan fingerprint density at radius 1 is 0.619 bits per heavy atom. The van der Waals surface area contributed by atoms with Crippen LogP contribution < -0.4 is 11.1 Å². The number of carbonyl (C=O) groups is 4. The van der Waals surface area contributed by atoms with Gasteiger partial charge in [0.05, 0.1) is 17.5 Å². The number of ketones is 2. The lowest BCUT2D eigenvalue weighted by Crippen LogP contribution is -2.42. The van der Waals surface area contributed by atoms with Crippen LogP contribution in [0.15, 0.2) is 97.1 Å². The first-order valence-corrected chi connectivity index (χ1v) is 22.1. The van der Waals surface area contributed by atoms with Gasteiger partial charge >= 0.3 is 5.97 Å². The fourth-order valence-electron chi connectivity index (χ4n) is 7.23. The van der Waals surface area contributed by atoms with Crippen LogP contribution in [0.2, 0.25) is 0 Å². The molecule has 9 nitrogen and oxygen atoms in total. The van der Waals surface area contributed by atoms with Crippen LogP contribution in [0.25, 0.3) is 0 Å². The third-order valence-electron chi connectivity index (χ3n) is 11.4. The number of benzene rings is 4. The average molecular weight is 871 g/mol. The number of hydrogen-bond donors (Lipinski definition) is 3. The van der Waals surface area contributed by atoms with Crippen molar-refractivity contribution >= 4 is 23.4 Å². The number of halogens is 2. The molecule has 0 radical (unpaired) electrons. The maximum atomic E-state index is 14.3. The highest BCUT2D eigenvalue weighted by atomic mass is 19.1. The van der Waals surface area contributed by atoms with E-state index in [9.17, 15) is 28.0 Å². The predicted molar refractivity (Wildman–Crippen MR) is 251 cm³/mol. The van der Waals surface area contributed by atoms with E-state index in [0.717, 1.165) is 16.7 Å². The Hall–Kier alpha value is -5.10. The molecule has 0 saturated carbocycles. The van der Waals surface area contributed by atoms with Crippen LogP contribution in [0.3, 0.4) is 0 Å². The van der Waals surface area contributed by atoms with Crippen LogP contribution >= 0.6 is 0 Å². The first kappa shape index (κ1) is 54.0. The molecule has 344 valence electrons. The van der Waals surface area contributed by atoms with Crippen LogP contribution in [-0.2, 0) is 22.4 Å². The van der Waals surface area contributed by atoms with Crippen molar-refractivity contribution in [3.05, 3.63) is 142 Å². The second kappa shape index (κ2) is 27.9. The van der Waals surface area contributed by atoms with Gasteiger partial charge in [-0.05, 0) is 111 Å². The topological polar surface area (TPSA) is 133 Å². The molecule has 0 heterocycles. The number of hydrogen-bond acceptors (Lipinski definition) is 7. The van der Waals surface area contributed by atoms with Gasteiger partial charge in [0.1, 0.15) is 11.6 Å². The second-order valence-corrected chi connectivity index (χ2v) is 17.2. The summed E-state index contributed by atoms with van der Waals surface area (Å²) in [5, 5.41) is 11.9. The Kier molecular flexibility index (Phi) is 23.9. The fourth-order valence-corrected chi connectivity index (χ4v) is 7.23. The van der Waals surface area contributed by atoms with E-state index < -0.39 is 17.6 Å². The predicted octanol–water partition coefficient (Wildman–Crippen LogP) is 9.59. The highest BCUT2D eigenvalue weighted by molar-refractivity contribution is 5.96. The van der Waals surface area contributed by atoms with E-state index in [1.165, 1.54) is 17.7 Å². The smallest absolute Gasteiger partial charge is 0.303 e. The van der Waals surface area contributed by atoms with E-state index in [0.29, 0.717) is 50.6 Å². The lowest BCUT2D eigenvalue weighted by molar-refractivity contribution is -0.137. The summed E-state index contributed by atoms with van der Waals surface area (Å²) in [4.78, 5) is 50.7. The van der Waals surface area contributed by atoms with Gasteiger partial charge in [-0.3, -0.25) is 19.2 Å². The van der Waals surface area contributed by atoms with Crippen molar-refractivity contribution in [2.45, 2.75) is 104 Å². The van der Waals surface area contributed by atoms with E-state index in [2.05, 4.69) is 45.1 Å². The molecule has 0 aromatic heterocycles. The van der Waals surface area contributed by atoms with E-state index in [4.69, 9.17) is 10.8 Å². The SMILES string of the molecule is CC(C)[C@@H](CC(=O)O)c1ccccc1.CCC(=O)c1ccc(C[C@@H](CN)N(C)C)cc1F.CCC(=O)c1ccc(C[C@@H](CNC(=O)C[C@@H](c2ccccc2)C(C)C)N(C)C)cc1F. The quantitative estimate of drug-likeness (QED) is 0.0706. The second-order valence-electron chi connectivity index (χ2n) is 17.2. The summed E-state index contributed by atoms with van der Waals surface area (Å²) in [6.45, 7) is 12.8.